The lowest BCUT2D eigenvalue weighted by Crippen LogP contribution is -2.14. The van der Waals surface area contributed by atoms with Crippen LogP contribution in [0.4, 0.5) is 5.69 Å². The lowest BCUT2D eigenvalue weighted by molar-refractivity contribution is 0.102. The summed E-state index contributed by atoms with van der Waals surface area (Å²) < 4.78 is 5.65. The Hall–Kier alpha value is -3.80. The molecule has 1 N–H and O–H groups in total. The third-order valence-corrected chi connectivity index (χ3v) is 3.95. The monoisotopic (exact) mass is 356 g/mol. The Morgan fingerprint density at radius 2 is 1.74 bits per heavy atom. The molecular weight excluding hydrogens is 340 g/mol. The number of nitrogens with one attached hydrogen (secondary N) is 1. The lowest BCUT2D eigenvalue weighted by Gasteiger charge is -2.08. The molecule has 1 amide bonds. The van der Waals surface area contributed by atoms with Crippen molar-refractivity contribution in [1.29, 1.82) is 0 Å². The van der Waals surface area contributed by atoms with Crippen LogP contribution in [0.5, 0.6) is 5.88 Å². The Morgan fingerprint density at radius 1 is 0.926 bits per heavy atom. The van der Waals surface area contributed by atoms with Crippen molar-refractivity contribution in [3.05, 3.63) is 90.5 Å². The van der Waals surface area contributed by atoms with Gasteiger partial charge in [-0.15, -0.1) is 0 Å². The van der Waals surface area contributed by atoms with Crippen LogP contribution >= 0.6 is 0 Å². The Bertz CT molecular complexity index is 1080. The van der Waals surface area contributed by atoms with Gasteiger partial charge in [-0.3, -0.25) is 9.78 Å². The lowest BCUT2D eigenvalue weighted by atomic mass is 10.2. The first kappa shape index (κ1) is 16.7. The maximum Gasteiger partial charge on any atom is 0.274 e. The van der Waals surface area contributed by atoms with Gasteiger partial charge >= 0.3 is 0 Å². The molecule has 0 saturated carbocycles. The molecule has 2 heterocycles. The molecule has 2 aromatic carbocycles. The van der Waals surface area contributed by atoms with E-state index in [1.54, 1.807) is 6.20 Å². The molecule has 6 nitrogen and oxygen atoms in total. The van der Waals surface area contributed by atoms with E-state index in [4.69, 9.17) is 4.74 Å². The van der Waals surface area contributed by atoms with Gasteiger partial charge < -0.3 is 10.1 Å². The van der Waals surface area contributed by atoms with Gasteiger partial charge in [-0.2, -0.15) is 0 Å². The van der Waals surface area contributed by atoms with Crippen LogP contribution < -0.4 is 10.1 Å². The number of hydrogen-bond donors (Lipinski definition) is 1. The van der Waals surface area contributed by atoms with Gasteiger partial charge in [0, 0.05) is 11.5 Å². The number of ether oxygens (including phenoxy) is 1. The molecule has 6 heteroatoms. The largest absolute Gasteiger partial charge is 0.473 e. The topological polar surface area (TPSA) is 77.0 Å². The van der Waals surface area contributed by atoms with Gasteiger partial charge in [0.1, 0.15) is 18.6 Å². The highest BCUT2D eigenvalue weighted by Crippen LogP contribution is 2.17. The summed E-state index contributed by atoms with van der Waals surface area (Å²) in [6.45, 7) is 0.369. The summed E-state index contributed by atoms with van der Waals surface area (Å²) >= 11 is 0. The Kier molecular flexibility index (Phi) is 4.70. The molecule has 0 atom stereocenters. The molecule has 0 radical (unpaired) electrons. The second-order valence-corrected chi connectivity index (χ2v) is 5.89. The average molecular weight is 356 g/mol. The first-order chi connectivity index (χ1) is 13.3. The minimum Gasteiger partial charge on any atom is -0.473 e. The Morgan fingerprint density at radius 3 is 2.63 bits per heavy atom. The third kappa shape index (κ3) is 4.07. The molecule has 4 rings (SSSR count). The van der Waals surface area contributed by atoms with E-state index in [1.165, 1.54) is 12.4 Å². The standard InChI is InChI=1S/C21H16N4O2/c26-21(25-17-10-16-8-4-5-9-18(16)22-12-17)19-11-20(24-14-23-19)27-13-15-6-2-1-3-7-15/h1-12,14H,13H2,(H,25,26). The van der Waals surface area contributed by atoms with Gasteiger partial charge in [0.15, 0.2) is 0 Å². The average Bonchev–Trinajstić information content (AvgIpc) is 2.73. The summed E-state index contributed by atoms with van der Waals surface area (Å²) in [6, 6.07) is 20.8. The van der Waals surface area contributed by atoms with Crippen molar-refractivity contribution < 1.29 is 9.53 Å². The van der Waals surface area contributed by atoms with E-state index in [-0.39, 0.29) is 11.6 Å². The van der Waals surface area contributed by atoms with Crippen LogP contribution in [0, 0.1) is 0 Å². The minimum atomic E-state index is -0.348. The summed E-state index contributed by atoms with van der Waals surface area (Å²) in [4.78, 5) is 24.9. The van der Waals surface area contributed by atoms with Crippen LogP contribution in [0.15, 0.2) is 79.3 Å². The number of nitrogens with zero attached hydrogens (tertiary/aromatic N) is 3. The molecule has 2 aromatic heterocycles. The number of amides is 1. The van der Waals surface area contributed by atoms with Gasteiger partial charge in [-0.25, -0.2) is 9.97 Å². The van der Waals surface area contributed by atoms with Gasteiger partial charge in [0.05, 0.1) is 17.4 Å². The van der Waals surface area contributed by atoms with E-state index < -0.39 is 0 Å². The highest BCUT2D eigenvalue weighted by atomic mass is 16.5. The van der Waals surface area contributed by atoms with Crippen molar-refractivity contribution in [2.75, 3.05) is 5.32 Å². The van der Waals surface area contributed by atoms with Crippen molar-refractivity contribution in [3.63, 3.8) is 0 Å². The maximum absolute atomic E-state index is 12.5. The van der Waals surface area contributed by atoms with Gasteiger partial charge in [0.25, 0.3) is 5.91 Å². The number of fused-ring (bicyclic) bond motifs is 1. The molecule has 4 aromatic rings. The second kappa shape index (κ2) is 7.61. The van der Waals surface area contributed by atoms with Gasteiger partial charge in [-0.1, -0.05) is 48.5 Å². The SMILES string of the molecule is O=C(Nc1cnc2ccccc2c1)c1cc(OCc2ccccc2)ncn1. The maximum atomic E-state index is 12.5. The van der Waals surface area contributed by atoms with Crippen molar-refractivity contribution in [2.45, 2.75) is 6.61 Å². The summed E-state index contributed by atoms with van der Waals surface area (Å²) in [5.74, 6) is -0.00492. The third-order valence-electron chi connectivity index (χ3n) is 3.95. The fourth-order valence-corrected chi connectivity index (χ4v) is 2.61. The molecule has 0 aliphatic rings. The Balaban J connectivity index is 1.46. The van der Waals surface area contributed by atoms with Crippen LogP contribution in [-0.4, -0.2) is 20.9 Å². The quantitative estimate of drug-likeness (QED) is 0.588. The fraction of sp³-hybridized carbons (Fsp3) is 0.0476. The van der Waals surface area contributed by atoms with E-state index in [0.717, 1.165) is 16.5 Å². The molecule has 0 bridgehead atoms. The highest BCUT2D eigenvalue weighted by molar-refractivity contribution is 6.03. The highest BCUT2D eigenvalue weighted by Gasteiger charge is 2.10. The molecule has 0 saturated heterocycles. The number of benzene rings is 2. The number of para-hydroxylation sites is 1. The minimum absolute atomic E-state index is 0.223. The zero-order valence-electron chi connectivity index (χ0n) is 14.4. The van der Waals surface area contributed by atoms with Crippen LogP contribution in [0.1, 0.15) is 16.1 Å². The first-order valence-corrected chi connectivity index (χ1v) is 8.43. The zero-order valence-corrected chi connectivity index (χ0v) is 14.4. The molecule has 132 valence electrons. The van der Waals surface area contributed by atoms with Crippen molar-refractivity contribution in [1.82, 2.24) is 15.0 Å². The van der Waals surface area contributed by atoms with Crippen LogP contribution in [0.2, 0.25) is 0 Å². The van der Waals surface area contributed by atoms with E-state index in [2.05, 4.69) is 20.3 Å². The van der Waals surface area contributed by atoms with Crippen molar-refractivity contribution in [2.24, 2.45) is 0 Å². The zero-order chi connectivity index (χ0) is 18.5. The van der Waals surface area contributed by atoms with Crippen LogP contribution in [-0.2, 0) is 6.61 Å². The molecule has 0 aliphatic heterocycles. The summed E-state index contributed by atoms with van der Waals surface area (Å²) in [6.07, 6.45) is 2.93. The number of hydrogen-bond acceptors (Lipinski definition) is 5. The van der Waals surface area contributed by atoms with Crippen LogP contribution in [0.25, 0.3) is 10.9 Å². The van der Waals surface area contributed by atoms with E-state index in [0.29, 0.717) is 18.2 Å². The number of carbonyl (C=O) groups is 1. The number of anilines is 1. The molecular formula is C21H16N4O2. The molecule has 27 heavy (non-hydrogen) atoms. The predicted octanol–water partition coefficient (Wildman–Crippen LogP) is 3.86. The van der Waals surface area contributed by atoms with E-state index >= 15 is 0 Å². The van der Waals surface area contributed by atoms with Crippen molar-refractivity contribution >= 4 is 22.5 Å². The summed E-state index contributed by atoms with van der Waals surface area (Å²) in [7, 11) is 0. The van der Waals surface area contributed by atoms with Crippen LogP contribution in [0.3, 0.4) is 0 Å². The smallest absolute Gasteiger partial charge is 0.274 e. The van der Waals surface area contributed by atoms with E-state index in [9.17, 15) is 4.79 Å². The fourth-order valence-electron chi connectivity index (χ4n) is 2.61. The Labute approximate surface area is 155 Å². The molecule has 0 unspecified atom stereocenters. The van der Waals surface area contributed by atoms with Gasteiger partial charge in [-0.05, 0) is 17.7 Å². The molecule has 0 spiro atoms. The summed E-state index contributed by atoms with van der Waals surface area (Å²) in [5.41, 5.74) is 2.71. The molecule has 0 fully saturated rings. The summed E-state index contributed by atoms with van der Waals surface area (Å²) in [5, 5.41) is 3.75. The number of rotatable bonds is 5. The van der Waals surface area contributed by atoms with E-state index in [1.807, 2.05) is 60.7 Å². The number of carbonyl (C=O) groups excluding carboxylic acids is 1. The number of aromatic nitrogens is 3. The number of pyridine rings is 1. The molecule has 0 aliphatic carbocycles. The normalized spacial score (nSPS) is 10.5. The van der Waals surface area contributed by atoms with Crippen molar-refractivity contribution in [3.8, 4) is 5.88 Å². The first-order valence-electron chi connectivity index (χ1n) is 8.43. The predicted molar refractivity (Wildman–Crippen MR) is 103 cm³/mol. The second-order valence-electron chi connectivity index (χ2n) is 5.89. The van der Waals surface area contributed by atoms with Gasteiger partial charge in [0.2, 0.25) is 5.88 Å².